The standard InChI is InChI=1S/C24H26O4/c1-4-11-20(26-21(25)17-16-18-12-7-5-8-13-18)23-22(27-24(2,3)28-23)19-14-9-6-10-15-19/h4-10,12-17,20,22-23H,1,11H2,2-3H3/b17-16+/t20-,22+,23+/m1/s1. The molecule has 1 fully saturated rings. The molecule has 0 spiro atoms. The summed E-state index contributed by atoms with van der Waals surface area (Å²) >= 11 is 0. The Labute approximate surface area is 166 Å². The predicted octanol–water partition coefficient (Wildman–Crippen LogP) is 5.08. The molecule has 0 N–H and O–H groups in total. The van der Waals surface area contributed by atoms with E-state index in [1.165, 1.54) is 6.08 Å². The first-order chi connectivity index (χ1) is 13.5. The molecule has 3 atom stereocenters. The first-order valence-corrected chi connectivity index (χ1v) is 9.44. The predicted molar refractivity (Wildman–Crippen MR) is 109 cm³/mol. The molecule has 1 saturated heterocycles. The zero-order valence-corrected chi connectivity index (χ0v) is 16.3. The van der Waals surface area contributed by atoms with E-state index < -0.39 is 24.0 Å². The third kappa shape index (κ3) is 5.18. The third-order valence-corrected chi connectivity index (χ3v) is 4.50. The summed E-state index contributed by atoms with van der Waals surface area (Å²) in [6.07, 6.45) is 4.12. The minimum absolute atomic E-state index is 0.327. The molecular weight excluding hydrogens is 352 g/mol. The summed E-state index contributed by atoms with van der Waals surface area (Å²) in [4.78, 5) is 12.4. The van der Waals surface area contributed by atoms with E-state index in [0.717, 1.165) is 11.1 Å². The van der Waals surface area contributed by atoms with Crippen molar-refractivity contribution in [3.8, 4) is 0 Å². The molecule has 0 aromatic heterocycles. The van der Waals surface area contributed by atoms with Crippen LogP contribution < -0.4 is 0 Å². The van der Waals surface area contributed by atoms with Gasteiger partial charge in [-0.2, -0.15) is 0 Å². The SMILES string of the molecule is C=CC[C@@H](OC(=O)/C=C/c1ccccc1)[C@@H]1OC(C)(C)O[C@H]1c1ccccc1. The van der Waals surface area contributed by atoms with Crippen LogP contribution in [0, 0.1) is 0 Å². The van der Waals surface area contributed by atoms with E-state index in [1.807, 2.05) is 74.5 Å². The summed E-state index contributed by atoms with van der Waals surface area (Å²) in [7, 11) is 0. The Morgan fingerprint density at radius 2 is 1.75 bits per heavy atom. The molecule has 0 radical (unpaired) electrons. The number of carbonyl (C=O) groups is 1. The van der Waals surface area contributed by atoms with Crippen LogP contribution in [0.4, 0.5) is 0 Å². The van der Waals surface area contributed by atoms with Gasteiger partial charge in [0.05, 0.1) is 0 Å². The Morgan fingerprint density at radius 3 is 2.39 bits per heavy atom. The molecule has 146 valence electrons. The van der Waals surface area contributed by atoms with Gasteiger partial charge in [0.25, 0.3) is 0 Å². The van der Waals surface area contributed by atoms with Crippen molar-refractivity contribution in [1.29, 1.82) is 0 Å². The van der Waals surface area contributed by atoms with E-state index in [-0.39, 0.29) is 6.10 Å². The monoisotopic (exact) mass is 378 g/mol. The van der Waals surface area contributed by atoms with Crippen LogP contribution in [-0.2, 0) is 19.0 Å². The number of benzene rings is 2. The van der Waals surface area contributed by atoms with E-state index in [9.17, 15) is 4.79 Å². The van der Waals surface area contributed by atoms with Crippen molar-refractivity contribution in [1.82, 2.24) is 0 Å². The van der Waals surface area contributed by atoms with Gasteiger partial charge in [0.1, 0.15) is 18.3 Å². The maximum Gasteiger partial charge on any atom is 0.331 e. The Bertz CT molecular complexity index is 811. The molecule has 0 aliphatic carbocycles. The molecule has 0 unspecified atom stereocenters. The van der Waals surface area contributed by atoms with Crippen LogP contribution in [0.15, 0.2) is 79.4 Å². The molecule has 3 rings (SSSR count). The van der Waals surface area contributed by atoms with E-state index in [0.29, 0.717) is 6.42 Å². The van der Waals surface area contributed by atoms with Crippen LogP contribution in [0.1, 0.15) is 37.5 Å². The molecule has 1 heterocycles. The zero-order valence-electron chi connectivity index (χ0n) is 16.3. The molecular formula is C24H26O4. The van der Waals surface area contributed by atoms with E-state index in [1.54, 1.807) is 12.2 Å². The van der Waals surface area contributed by atoms with Crippen LogP contribution in [0.25, 0.3) is 6.08 Å². The van der Waals surface area contributed by atoms with Crippen LogP contribution in [0.5, 0.6) is 0 Å². The van der Waals surface area contributed by atoms with Crippen LogP contribution in [0.2, 0.25) is 0 Å². The van der Waals surface area contributed by atoms with Crippen molar-refractivity contribution >= 4 is 12.0 Å². The molecule has 1 aliphatic rings. The topological polar surface area (TPSA) is 44.8 Å². The van der Waals surface area contributed by atoms with Crippen LogP contribution in [-0.4, -0.2) is 24.0 Å². The van der Waals surface area contributed by atoms with Crippen molar-refractivity contribution < 1.29 is 19.0 Å². The average Bonchev–Trinajstić information content (AvgIpc) is 3.03. The van der Waals surface area contributed by atoms with Crippen LogP contribution in [0.3, 0.4) is 0 Å². The van der Waals surface area contributed by atoms with Gasteiger partial charge < -0.3 is 14.2 Å². The van der Waals surface area contributed by atoms with Gasteiger partial charge in [-0.15, -0.1) is 6.58 Å². The van der Waals surface area contributed by atoms with Gasteiger partial charge in [0, 0.05) is 12.5 Å². The molecule has 28 heavy (non-hydrogen) atoms. The molecule has 4 nitrogen and oxygen atoms in total. The van der Waals surface area contributed by atoms with Crippen molar-refractivity contribution in [2.24, 2.45) is 0 Å². The average molecular weight is 378 g/mol. The smallest absolute Gasteiger partial charge is 0.331 e. The highest BCUT2D eigenvalue weighted by molar-refractivity contribution is 5.87. The van der Waals surface area contributed by atoms with Gasteiger partial charge in [-0.1, -0.05) is 66.7 Å². The lowest BCUT2D eigenvalue weighted by atomic mass is 9.98. The maximum absolute atomic E-state index is 12.4. The van der Waals surface area contributed by atoms with Crippen molar-refractivity contribution in [3.63, 3.8) is 0 Å². The highest BCUT2D eigenvalue weighted by atomic mass is 16.8. The first kappa shape index (κ1) is 20.1. The molecule has 0 saturated carbocycles. The number of hydrogen-bond donors (Lipinski definition) is 0. The quantitative estimate of drug-likeness (QED) is 0.383. The Hall–Kier alpha value is -2.69. The van der Waals surface area contributed by atoms with E-state index >= 15 is 0 Å². The summed E-state index contributed by atoms with van der Waals surface area (Å²) in [6.45, 7) is 7.53. The largest absolute Gasteiger partial charge is 0.456 e. The second-order valence-corrected chi connectivity index (χ2v) is 7.18. The van der Waals surface area contributed by atoms with Gasteiger partial charge in [0.15, 0.2) is 5.79 Å². The van der Waals surface area contributed by atoms with Gasteiger partial charge in [-0.25, -0.2) is 4.79 Å². The van der Waals surface area contributed by atoms with Gasteiger partial charge in [-0.3, -0.25) is 0 Å². The summed E-state index contributed by atoms with van der Waals surface area (Å²) in [5.74, 6) is -1.19. The van der Waals surface area contributed by atoms with Gasteiger partial charge >= 0.3 is 5.97 Å². The number of rotatable bonds is 7. The molecule has 0 amide bonds. The minimum Gasteiger partial charge on any atom is -0.456 e. The molecule has 2 aromatic rings. The molecule has 4 heteroatoms. The second-order valence-electron chi connectivity index (χ2n) is 7.18. The molecule has 1 aliphatic heterocycles. The normalized spacial score (nSPS) is 22.1. The molecule has 0 bridgehead atoms. The summed E-state index contributed by atoms with van der Waals surface area (Å²) < 4.78 is 18.0. The van der Waals surface area contributed by atoms with Crippen molar-refractivity contribution in [2.75, 3.05) is 0 Å². The zero-order chi connectivity index (χ0) is 20.0. The second kappa shape index (κ2) is 9.00. The third-order valence-electron chi connectivity index (χ3n) is 4.50. The van der Waals surface area contributed by atoms with Crippen molar-refractivity contribution in [3.05, 3.63) is 90.5 Å². The van der Waals surface area contributed by atoms with Gasteiger partial charge in [0.2, 0.25) is 0 Å². The number of hydrogen-bond acceptors (Lipinski definition) is 4. The lowest BCUT2D eigenvalue weighted by Crippen LogP contribution is -2.35. The van der Waals surface area contributed by atoms with Crippen molar-refractivity contribution in [2.45, 2.75) is 44.4 Å². The number of ether oxygens (including phenoxy) is 3. The Morgan fingerprint density at radius 1 is 1.11 bits per heavy atom. The highest BCUT2D eigenvalue weighted by Crippen LogP contribution is 2.41. The summed E-state index contributed by atoms with van der Waals surface area (Å²) in [6, 6.07) is 19.5. The highest BCUT2D eigenvalue weighted by Gasteiger charge is 2.46. The Balaban J connectivity index is 1.76. The minimum atomic E-state index is -0.767. The van der Waals surface area contributed by atoms with E-state index in [2.05, 4.69) is 6.58 Å². The fourth-order valence-electron chi connectivity index (χ4n) is 3.29. The maximum atomic E-state index is 12.4. The summed E-state index contributed by atoms with van der Waals surface area (Å²) in [5.41, 5.74) is 1.92. The number of esters is 1. The fourth-order valence-corrected chi connectivity index (χ4v) is 3.29. The fraction of sp³-hybridized carbons (Fsp3) is 0.292. The first-order valence-electron chi connectivity index (χ1n) is 9.44. The number of carbonyl (C=O) groups excluding carboxylic acids is 1. The van der Waals surface area contributed by atoms with E-state index in [4.69, 9.17) is 14.2 Å². The van der Waals surface area contributed by atoms with Gasteiger partial charge in [-0.05, 0) is 31.1 Å². The lowest BCUT2D eigenvalue weighted by molar-refractivity contribution is -0.167. The summed E-state index contributed by atoms with van der Waals surface area (Å²) in [5, 5.41) is 0. The van der Waals surface area contributed by atoms with Crippen LogP contribution >= 0.6 is 0 Å². The molecule has 2 aromatic carbocycles. The Kier molecular flexibility index (Phi) is 6.45. The lowest BCUT2D eigenvalue weighted by Gasteiger charge is -2.25.